The third-order valence-electron chi connectivity index (χ3n) is 5.17. The van der Waals surface area contributed by atoms with Crippen molar-refractivity contribution in [2.45, 2.75) is 0 Å². The Morgan fingerprint density at radius 2 is 1.19 bits per heavy atom. The summed E-state index contributed by atoms with van der Waals surface area (Å²) >= 11 is 0. The van der Waals surface area contributed by atoms with Crippen LogP contribution in [0, 0.1) is 11.3 Å². The first kappa shape index (κ1) is 36.7. The van der Waals surface area contributed by atoms with E-state index in [1.54, 1.807) is 51.8 Å². The lowest BCUT2D eigenvalue weighted by Crippen LogP contribution is -2.15. The lowest BCUT2D eigenvalue weighted by molar-refractivity contribution is 0.1000. The molecule has 2 aromatic rings. The molecule has 4 N–H and O–H groups in total. The summed E-state index contributed by atoms with van der Waals surface area (Å²) in [6.07, 6.45) is 1.63. The standard InChI is InChI=1S/C16H23N3O4.C13H20N2O5/c1-19(2)12-18-14-10-16(23-8-6-21-4)15(9-13(14)11-17)22-7-5-20-3;1-17-3-5-19-11-7-9(13(15)16)10(14)8-12(11)20-6-4-18-2/h9-10,12H,5-8H2,1-4H3;7-8H,3-6,14H2,1-2H3,(H2,15,16). The van der Waals surface area contributed by atoms with Crippen LogP contribution >= 0.6 is 0 Å². The van der Waals surface area contributed by atoms with Crippen LogP contribution in [0.5, 0.6) is 23.0 Å². The predicted octanol–water partition coefficient (Wildman–Crippen LogP) is 2.25. The zero-order valence-corrected chi connectivity index (χ0v) is 25.7. The van der Waals surface area contributed by atoms with Gasteiger partial charge in [0.25, 0.3) is 5.91 Å². The van der Waals surface area contributed by atoms with E-state index in [0.29, 0.717) is 87.1 Å². The fourth-order valence-electron chi connectivity index (χ4n) is 3.10. The molecule has 0 bridgehead atoms. The van der Waals surface area contributed by atoms with Gasteiger partial charge in [0.15, 0.2) is 23.0 Å². The number of carbonyl (C=O) groups excluding carboxylic acids is 1. The summed E-state index contributed by atoms with van der Waals surface area (Å²) in [5.74, 6) is 1.20. The smallest absolute Gasteiger partial charge is 0.250 e. The van der Waals surface area contributed by atoms with E-state index in [9.17, 15) is 10.1 Å². The Hall–Kier alpha value is -4.29. The number of ether oxygens (including phenoxy) is 8. The highest BCUT2D eigenvalue weighted by atomic mass is 16.6. The highest BCUT2D eigenvalue weighted by molar-refractivity contribution is 5.98. The SMILES string of the molecule is COCCOc1cc(C#N)c(N=CN(C)C)cc1OCCOC.COCCOc1cc(N)c(C(N)=O)cc1OCCOC. The molecule has 14 heteroatoms. The number of hydrogen-bond acceptors (Lipinski definition) is 12. The van der Waals surface area contributed by atoms with Gasteiger partial charge in [-0.25, -0.2) is 4.99 Å². The first-order valence-corrected chi connectivity index (χ1v) is 13.2. The number of aliphatic imine (C=N–C) groups is 1. The molecule has 0 spiro atoms. The lowest BCUT2D eigenvalue weighted by Gasteiger charge is -2.14. The van der Waals surface area contributed by atoms with Gasteiger partial charge in [-0.3, -0.25) is 4.79 Å². The number of methoxy groups -OCH3 is 4. The molecule has 0 aliphatic carbocycles. The summed E-state index contributed by atoms with van der Waals surface area (Å²) in [6, 6.07) is 8.42. The minimum atomic E-state index is -0.623. The third-order valence-corrected chi connectivity index (χ3v) is 5.17. The van der Waals surface area contributed by atoms with E-state index in [4.69, 9.17) is 49.4 Å². The normalized spacial score (nSPS) is 10.4. The van der Waals surface area contributed by atoms with Crippen molar-refractivity contribution in [2.24, 2.45) is 10.7 Å². The Morgan fingerprint density at radius 3 is 1.58 bits per heavy atom. The summed E-state index contributed by atoms with van der Waals surface area (Å²) in [7, 11) is 10.0. The second-order valence-electron chi connectivity index (χ2n) is 8.75. The van der Waals surface area contributed by atoms with Gasteiger partial charge in [0.2, 0.25) is 0 Å². The van der Waals surface area contributed by atoms with Crippen LogP contribution in [-0.4, -0.2) is 113 Å². The first-order chi connectivity index (χ1) is 20.7. The van der Waals surface area contributed by atoms with Gasteiger partial charge in [-0.05, 0) is 6.07 Å². The van der Waals surface area contributed by atoms with Gasteiger partial charge in [0.05, 0.1) is 49.6 Å². The van der Waals surface area contributed by atoms with Crippen LogP contribution in [0.4, 0.5) is 11.4 Å². The molecule has 238 valence electrons. The van der Waals surface area contributed by atoms with Crippen molar-refractivity contribution < 1.29 is 42.7 Å². The maximum absolute atomic E-state index is 11.3. The van der Waals surface area contributed by atoms with E-state index in [1.807, 2.05) is 14.1 Å². The molecule has 2 rings (SSSR count). The van der Waals surface area contributed by atoms with Gasteiger partial charge in [-0.2, -0.15) is 5.26 Å². The van der Waals surface area contributed by atoms with Crippen molar-refractivity contribution in [1.29, 1.82) is 5.26 Å². The number of nitrogen functional groups attached to an aromatic ring is 1. The van der Waals surface area contributed by atoms with Crippen molar-refractivity contribution in [3.05, 3.63) is 35.4 Å². The zero-order valence-electron chi connectivity index (χ0n) is 25.7. The number of primary amides is 1. The van der Waals surface area contributed by atoms with Crippen molar-refractivity contribution in [1.82, 2.24) is 4.90 Å². The van der Waals surface area contributed by atoms with E-state index < -0.39 is 5.91 Å². The van der Waals surface area contributed by atoms with Gasteiger partial charge in [0, 0.05) is 66.4 Å². The zero-order chi connectivity index (χ0) is 32.0. The fraction of sp³-hybridized carbons (Fsp3) is 0.483. The van der Waals surface area contributed by atoms with Crippen LogP contribution in [0.3, 0.4) is 0 Å². The van der Waals surface area contributed by atoms with Gasteiger partial charge in [-0.15, -0.1) is 0 Å². The maximum atomic E-state index is 11.3. The number of nitrogens with zero attached hydrogens (tertiary/aromatic N) is 3. The number of benzene rings is 2. The molecule has 0 saturated heterocycles. The summed E-state index contributed by atoms with van der Waals surface area (Å²) in [5, 5.41) is 9.31. The van der Waals surface area contributed by atoms with Crippen molar-refractivity contribution in [2.75, 3.05) is 101 Å². The molecular weight excluding hydrogens is 562 g/mol. The molecule has 0 radical (unpaired) electrons. The molecule has 14 nitrogen and oxygen atoms in total. The molecule has 0 fully saturated rings. The second-order valence-corrected chi connectivity index (χ2v) is 8.75. The van der Waals surface area contributed by atoms with E-state index in [0.717, 1.165) is 0 Å². The highest BCUT2D eigenvalue weighted by Gasteiger charge is 2.15. The Kier molecular flexibility index (Phi) is 18.3. The van der Waals surface area contributed by atoms with Crippen molar-refractivity contribution in [3.8, 4) is 29.1 Å². The molecule has 0 aliphatic rings. The van der Waals surface area contributed by atoms with Crippen LogP contribution < -0.4 is 30.4 Å². The Labute approximate surface area is 252 Å². The van der Waals surface area contributed by atoms with Crippen LogP contribution in [-0.2, 0) is 18.9 Å². The van der Waals surface area contributed by atoms with Gasteiger partial charge in [-0.1, -0.05) is 0 Å². The van der Waals surface area contributed by atoms with Crippen LogP contribution in [0.15, 0.2) is 29.3 Å². The summed E-state index contributed by atoms with van der Waals surface area (Å²) in [4.78, 5) is 17.4. The fourth-order valence-corrected chi connectivity index (χ4v) is 3.10. The molecule has 0 aliphatic heterocycles. The van der Waals surface area contributed by atoms with Gasteiger partial charge < -0.3 is 54.3 Å². The first-order valence-electron chi connectivity index (χ1n) is 13.2. The summed E-state index contributed by atoms with van der Waals surface area (Å²) < 4.78 is 42.0. The topological polar surface area (TPSA) is 182 Å². The predicted molar refractivity (Wildman–Crippen MR) is 162 cm³/mol. The number of anilines is 1. The molecule has 0 aromatic heterocycles. The summed E-state index contributed by atoms with van der Waals surface area (Å²) in [6.45, 7) is 3.13. The number of rotatable bonds is 19. The van der Waals surface area contributed by atoms with Crippen LogP contribution in [0.25, 0.3) is 0 Å². The van der Waals surface area contributed by atoms with Gasteiger partial charge >= 0.3 is 0 Å². The number of nitriles is 1. The second kappa shape index (κ2) is 21.4. The molecule has 0 unspecified atom stereocenters. The highest BCUT2D eigenvalue weighted by Crippen LogP contribution is 2.35. The van der Waals surface area contributed by atoms with E-state index in [1.165, 1.54) is 12.1 Å². The Morgan fingerprint density at radius 1 is 0.767 bits per heavy atom. The lowest BCUT2D eigenvalue weighted by atomic mass is 10.1. The molecule has 2 aromatic carbocycles. The minimum absolute atomic E-state index is 0.191. The van der Waals surface area contributed by atoms with E-state index in [2.05, 4.69) is 11.1 Å². The average Bonchev–Trinajstić information content (AvgIpc) is 2.98. The molecular formula is C29H43N5O9. The number of nitrogens with two attached hydrogens (primary N) is 2. The molecule has 0 saturated carbocycles. The monoisotopic (exact) mass is 605 g/mol. The molecule has 0 heterocycles. The van der Waals surface area contributed by atoms with E-state index >= 15 is 0 Å². The molecule has 0 atom stereocenters. The quantitative estimate of drug-likeness (QED) is 0.103. The van der Waals surface area contributed by atoms with E-state index in [-0.39, 0.29) is 11.3 Å². The number of carbonyl (C=O) groups is 1. The maximum Gasteiger partial charge on any atom is 0.250 e. The van der Waals surface area contributed by atoms with Crippen LogP contribution in [0.2, 0.25) is 0 Å². The minimum Gasteiger partial charge on any atom is -0.487 e. The summed E-state index contributed by atoms with van der Waals surface area (Å²) in [5.41, 5.74) is 12.4. The van der Waals surface area contributed by atoms with Gasteiger partial charge in [0.1, 0.15) is 32.5 Å². The van der Waals surface area contributed by atoms with Crippen molar-refractivity contribution in [3.63, 3.8) is 0 Å². The van der Waals surface area contributed by atoms with Crippen LogP contribution in [0.1, 0.15) is 15.9 Å². The Bertz CT molecular complexity index is 1190. The molecule has 43 heavy (non-hydrogen) atoms. The third kappa shape index (κ3) is 14.0. The van der Waals surface area contributed by atoms with Crippen molar-refractivity contribution >= 4 is 23.6 Å². The largest absolute Gasteiger partial charge is 0.487 e. The molecule has 1 amide bonds. The Balaban J connectivity index is 0.000000434. The number of amides is 1. The average molecular weight is 606 g/mol. The number of hydrogen-bond donors (Lipinski definition) is 2.